The lowest BCUT2D eigenvalue weighted by atomic mass is 10.1. The van der Waals surface area contributed by atoms with Crippen molar-refractivity contribution >= 4 is 35.0 Å². The lowest BCUT2D eigenvalue weighted by Gasteiger charge is -2.29. The number of ether oxygens (including phenoxy) is 1. The number of rotatable bonds is 9. The van der Waals surface area contributed by atoms with Gasteiger partial charge in [0.2, 0.25) is 11.8 Å². The number of hydrogen-bond donors (Lipinski definition) is 1. The topological polar surface area (TPSA) is 87.7 Å². The lowest BCUT2D eigenvalue weighted by molar-refractivity contribution is -0.133. The molecule has 2 aromatic carbocycles. The van der Waals surface area contributed by atoms with Gasteiger partial charge in [0, 0.05) is 42.4 Å². The van der Waals surface area contributed by atoms with E-state index in [1.807, 2.05) is 75.4 Å². The summed E-state index contributed by atoms with van der Waals surface area (Å²) in [5.41, 5.74) is 5.60. The first-order valence-corrected chi connectivity index (χ1v) is 13.4. The highest BCUT2D eigenvalue weighted by atomic mass is 32.2. The maximum atomic E-state index is 13.3. The zero-order chi connectivity index (χ0) is 26.2. The summed E-state index contributed by atoms with van der Waals surface area (Å²) in [7, 11) is 0. The van der Waals surface area contributed by atoms with Gasteiger partial charge in [-0.05, 0) is 62.2 Å². The highest BCUT2D eigenvalue weighted by molar-refractivity contribution is 7.99. The highest BCUT2D eigenvalue weighted by Crippen LogP contribution is 2.20. The molecule has 1 N–H and O–H groups in total. The third-order valence-electron chi connectivity index (χ3n) is 6.12. The molecule has 0 atom stereocenters. The SMILES string of the molecule is Cc1cc(C)nc(SCC(=O)N(CC(=O)Nc2ccc(N3CCOCC3)cc2)Cc2ccccc2C)n1. The number of aromatic nitrogens is 2. The van der Waals surface area contributed by atoms with Gasteiger partial charge < -0.3 is 19.9 Å². The quantitative estimate of drug-likeness (QED) is 0.338. The van der Waals surface area contributed by atoms with Crippen molar-refractivity contribution in [3.05, 3.63) is 77.1 Å². The first-order chi connectivity index (χ1) is 17.9. The number of hydrogen-bond acceptors (Lipinski definition) is 7. The molecule has 8 nitrogen and oxygen atoms in total. The molecule has 1 aliphatic heterocycles. The fourth-order valence-corrected chi connectivity index (χ4v) is 5.00. The summed E-state index contributed by atoms with van der Waals surface area (Å²) in [6.07, 6.45) is 0. The fourth-order valence-electron chi connectivity index (χ4n) is 4.15. The Morgan fingerprint density at radius 3 is 2.35 bits per heavy atom. The van der Waals surface area contributed by atoms with Crippen molar-refractivity contribution in [2.75, 3.05) is 48.8 Å². The zero-order valence-electron chi connectivity index (χ0n) is 21.6. The van der Waals surface area contributed by atoms with Gasteiger partial charge in [0.25, 0.3) is 0 Å². The van der Waals surface area contributed by atoms with E-state index in [0.29, 0.717) is 17.4 Å². The van der Waals surface area contributed by atoms with Crippen LogP contribution in [0, 0.1) is 20.8 Å². The van der Waals surface area contributed by atoms with Gasteiger partial charge in [0.05, 0.1) is 19.0 Å². The largest absolute Gasteiger partial charge is 0.378 e. The molecule has 0 radical (unpaired) electrons. The smallest absolute Gasteiger partial charge is 0.244 e. The molecule has 1 saturated heterocycles. The molecular weight excluding hydrogens is 486 g/mol. The number of thioether (sulfide) groups is 1. The number of amides is 2. The lowest BCUT2D eigenvalue weighted by Crippen LogP contribution is -2.38. The van der Waals surface area contributed by atoms with Crippen molar-refractivity contribution in [1.82, 2.24) is 14.9 Å². The number of aryl methyl sites for hydroxylation is 3. The van der Waals surface area contributed by atoms with E-state index in [1.54, 1.807) is 4.90 Å². The van der Waals surface area contributed by atoms with Crippen LogP contribution in [0.5, 0.6) is 0 Å². The van der Waals surface area contributed by atoms with Crippen LogP contribution in [0.1, 0.15) is 22.5 Å². The second-order valence-electron chi connectivity index (χ2n) is 9.09. The second kappa shape index (κ2) is 12.7. The standard InChI is InChI=1S/C28H33N5O3S/c1-20-6-4-5-7-23(20)17-33(27(35)19-37-28-29-21(2)16-22(3)30-28)18-26(34)31-24-8-10-25(11-9-24)32-12-14-36-15-13-32/h4-11,16H,12-15,17-19H2,1-3H3,(H,31,34). The van der Waals surface area contributed by atoms with Crippen LogP contribution in [0.2, 0.25) is 0 Å². The minimum Gasteiger partial charge on any atom is -0.378 e. The third kappa shape index (κ3) is 7.77. The van der Waals surface area contributed by atoms with Crippen LogP contribution in [0.15, 0.2) is 59.8 Å². The maximum Gasteiger partial charge on any atom is 0.244 e. The number of carbonyl (C=O) groups excluding carboxylic acids is 2. The molecule has 2 amide bonds. The van der Waals surface area contributed by atoms with Crippen molar-refractivity contribution in [2.45, 2.75) is 32.5 Å². The first kappa shape index (κ1) is 26.6. The van der Waals surface area contributed by atoms with Gasteiger partial charge >= 0.3 is 0 Å². The molecule has 4 rings (SSSR count). The molecule has 0 bridgehead atoms. The Morgan fingerprint density at radius 1 is 1.00 bits per heavy atom. The van der Waals surface area contributed by atoms with Crippen molar-refractivity contribution < 1.29 is 14.3 Å². The first-order valence-electron chi connectivity index (χ1n) is 12.4. The van der Waals surface area contributed by atoms with E-state index >= 15 is 0 Å². The number of morpholine rings is 1. The summed E-state index contributed by atoms with van der Waals surface area (Å²) in [4.78, 5) is 38.9. The van der Waals surface area contributed by atoms with Gasteiger partial charge in [-0.1, -0.05) is 36.0 Å². The molecule has 2 heterocycles. The van der Waals surface area contributed by atoms with Crippen LogP contribution in [0.25, 0.3) is 0 Å². The number of anilines is 2. The summed E-state index contributed by atoms with van der Waals surface area (Å²) in [6.45, 7) is 9.27. The number of nitrogens with zero attached hydrogens (tertiary/aromatic N) is 4. The molecule has 9 heteroatoms. The number of benzene rings is 2. The van der Waals surface area contributed by atoms with Crippen molar-refractivity contribution in [3.8, 4) is 0 Å². The van der Waals surface area contributed by atoms with Crippen LogP contribution in [0.4, 0.5) is 11.4 Å². The minimum atomic E-state index is -0.242. The van der Waals surface area contributed by atoms with Crippen molar-refractivity contribution in [2.24, 2.45) is 0 Å². The number of carbonyl (C=O) groups is 2. The van der Waals surface area contributed by atoms with E-state index in [9.17, 15) is 9.59 Å². The van der Waals surface area contributed by atoms with Crippen LogP contribution >= 0.6 is 11.8 Å². The van der Waals surface area contributed by atoms with Crippen LogP contribution in [-0.2, 0) is 20.9 Å². The van der Waals surface area contributed by atoms with Gasteiger partial charge in [0.1, 0.15) is 6.54 Å². The molecule has 37 heavy (non-hydrogen) atoms. The Morgan fingerprint density at radius 2 is 1.68 bits per heavy atom. The average molecular weight is 520 g/mol. The van der Waals surface area contributed by atoms with E-state index < -0.39 is 0 Å². The molecule has 0 unspecified atom stereocenters. The van der Waals surface area contributed by atoms with Gasteiger partial charge in [0.15, 0.2) is 5.16 Å². The van der Waals surface area contributed by atoms with Gasteiger partial charge in [-0.3, -0.25) is 9.59 Å². The Labute approximate surface area is 222 Å². The fraction of sp³-hybridized carbons (Fsp3) is 0.357. The summed E-state index contributed by atoms with van der Waals surface area (Å²) in [6, 6.07) is 17.6. The monoisotopic (exact) mass is 519 g/mol. The molecule has 0 aliphatic carbocycles. The maximum absolute atomic E-state index is 13.3. The van der Waals surface area contributed by atoms with E-state index in [4.69, 9.17) is 4.74 Å². The van der Waals surface area contributed by atoms with E-state index in [1.165, 1.54) is 11.8 Å². The van der Waals surface area contributed by atoms with E-state index in [-0.39, 0.29) is 24.1 Å². The van der Waals surface area contributed by atoms with Crippen LogP contribution in [-0.4, -0.2) is 65.3 Å². The van der Waals surface area contributed by atoms with Crippen molar-refractivity contribution in [1.29, 1.82) is 0 Å². The summed E-state index contributed by atoms with van der Waals surface area (Å²) < 4.78 is 5.42. The van der Waals surface area contributed by atoms with Crippen LogP contribution in [0.3, 0.4) is 0 Å². The summed E-state index contributed by atoms with van der Waals surface area (Å²) in [5, 5.41) is 3.50. The average Bonchev–Trinajstić information content (AvgIpc) is 2.88. The molecule has 0 spiro atoms. The Balaban J connectivity index is 1.41. The Hall–Kier alpha value is -3.43. The highest BCUT2D eigenvalue weighted by Gasteiger charge is 2.20. The Kier molecular flexibility index (Phi) is 9.14. The normalized spacial score (nSPS) is 13.3. The zero-order valence-corrected chi connectivity index (χ0v) is 22.4. The molecule has 1 fully saturated rings. The third-order valence-corrected chi connectivity index (χ3v) is 6.96. The molecule has 3 aromatic rings. The van der Waals surface area contributed by atoms with E-state index in [0.717, 1.165) is 54.5 Å². The summed E-state index contributed by atoms with van der Waals surface area (Å²) in [5.74, 6) is -0.237. The van der Waals surface area contributed by atoms with Gasteiger partial charge in [-0.2, -0.15) is 0 Å². The van der Waals surface area contributed by atoms with E-state index in [2.05, 4.69) is 20.2 Å². The molecule has 0 saturated carbocycles. The molecule has 1 aromatic heterocycles. The Bertz CT molecular complexity index is 1210. The predicted molar refractivity (Wildman–Crippen MR) is 147 cm³/mol. The number of nitrogens with one attached hydrogen (secondary N) is 1. The molecular formula is C28H33N5O3S. The van der Waals surface area contributed by atoms with Crippen molar-refractivity contribution in [3.63, 3.8) is 0 Å². The van der Waals surface area contributed by atoms with Crippen LogP contribution < -0.4 is 10.2 Å². The predicted octanol–water partition coefficient (Wildman–Crippen LogP) is 4.00. The molecule has 1 aliphatic rings. The molecule has 194 valence electrons. The second-order valence-corrected chi connectivity index (χ2v) is 10.0. The summed E-state index contributed by atoms with van der Waals surface area (Å²) >= 11 is 1.29. The van der Waals surface area contributed by atoms with Gasteiger partial charge in [-0.15, -0.1) is 0 Å². The minimum absolute atomic E-state index is 0.0490. The van der Waals surface area contributed by atoms with Gasteiger partial charge in [-0.25, -0.2) is 9.97 Å².